The van der Waals surface area contributed by atoms with Gasteiger partial charge in [0.1, 0.15) is 5.75 Å². The molecule has 5 rings (SSSR count). The zero-order valence-corrected chi connectivity index (χ0v) is 20.0. The fourth-order valence-corrected chi connectivity index (χ4v) is 5.27. The van der Waals surface area contributed by atoms with Crippen molar-refractivity contribution < 1.29 is 14.3 Å². The Kier molecular flexibility index (Phi) is 6.85. The lowest BCUT2D eigenvalue weighted by atomic mass is 10.1. The fraction of sp³-hybridized carbons (Fsp3) is 0.444. The van der Waals surface area contributed by atoms with Crippen LogP contribution in [0.2, 0.25) is 0 Å². The van der Waals surface area contributed by atoms with Gasteiger partial charge in [-0.15, -0.1) is 0 Å². The lowest BCUT2D eigenvalue weighted by Gasteiger charge is -2.27. The van der Waals surface area contributed by atoms with Gasteiger partial charge in [0, 0.05) is 55.9 Å². The molecule has 180 valence electrons. The quantitative estimate of drug-likeness (QED) is 0.557. The monoisotopic (exact) mass is 462 g/mol. The van der Waals surface area contributed by atoms with E-state index >= 15 is 0 Å². The van der Waals surface area contributed by atoms with Crippen molar-refractivity contribution in [2.75, 3.05) is 39.4 Å². The van der Waals surface area contributed by atoms with E-state index in [0.29, 0.717) is 11.8 Å². The maximum atomic E-state index is 12.5. The molecule has 3 aromatic rings. The lowest BCUT2D eigenvalue weighted by Crippen LogP contribution is -2.40. The Labute approximate surface area is 201 Å². The maximum Gasteiger partial charge on any atom is 0.413 e. The number of fused-ring (bicyclic) bond motifs is 3. The van der Waals surface area contributed by atoms with Crippen molar-refractivity contribution in [3.63, 3.8) is 0 Å². The second-order valence-corrected chi connectivity index (χ2v) is 9.27. The summed E-state index contributed by atoms with van der Waals surface area (Å²) in [6, 6.07) is 16.1. The van der Waals surface area contributed by atoms with Crippen molar-refractivity contribution in [1.82, 2.24) is 20.1 Å². The van der Waals surface area contributed by atoms with Crippen LogP contribution in [0.25, 0.3) is 10.9 Å². The minimum Gasteiger partial charge on any atom is -0.410 e. The summed E-state index contributed by atoms with van der Waals surface area (Å²) in [5, 5.41) is 7.87. The molecule has 2 aliphatic rings. The van der Waals surface area contributed by atoms with Crippen LogP contribution in [0.15, 0.2) is 48.5 Å². The molecule has 1 aromatic heterocycles. The molecule has 34 heavy (non-hydrogen) atoms. The van der Waals surface area contributed by atoms with Gasteiger partial charge in [-0.05, 0) is 49.1 Å². The highest BCUT2D eigenvalue weighted by atomic mass is 16.6. The van der Waals surface area contributed by atoms with Crippen LogP contribution in [0.3, 0.4) is 0 Å². The van der Waals surface area contributed by atoms with Crippen LogP contribution < -0.4 is 15.4 Å². The number of nitrogens with zero attached hydrogens (tertiary/aromatic N) is 2. The summed E-state index contributed by atoms with van der Waals surface area (Å²) in [5.41, 5.74) is 4.94. The first-order chi connectivity index (χ1) is 16.6. The van der Waals surface area contributed by atoms with E-state index in [2.05, 4.69) is 33.2 Å². The fourth-order valence-electron chi connectivity index (χ4n) is 5.27. The van der Waals surface area contributed by atoms with Crippen LogP contribution in [0, 0.1) is 0 Å². The maximum absolute atomic E-state index is 12.5. The Morgan fingerprint density at radius 3 is 2.76 bits per heavy atom. The number of carbonyl (C=O) groups is 1. The van der Waals surface area contributed by atoms with Crippen LogP contribution in [-0.4, -0.2) is 55.0 Å². The largest absolute Gasteiger partial charge is 0.413 e. The predicted molar refractivity (Wildman–Crippen MR) is 133 cm³/mol. The number of carbonyl (C=O) groups excluding carboxylic acids is 1. The second-order valence-electron chi connectivity index (χ2n) is 9.27. The first-order valence-corrected chi connectivity index (χ1v) is 12.3. The molecular formula is C27H34N4O3. The van der Waals surface area contributed by atoms with E-state index in [4.69, 9.17) is 9.47 Å². The van der Waals surface area contributed by atoms with E-state index in [9.17, 15) is 4.79 Å². The van der Waals surface area contributed by atoms with Crippen LogP contribution in [0.1, 0.15) is 42.2 Å². The van der Waals surface area contributed by atoms with Crippen molar-refractivity contribution in [2.45, 2.75) is 31.8 Å². The average Bonchev–Trinajstić information content (AvgIpc) is 3.39. The van der Waals surface area contributed by atoms with Crippen molar-refractivity contribution in [1.29, 1.82) is 0 Å². The van der Waals surface area contributed by atoms with Crippen molar-refractivity contribution >= 4 is 17.0 Å². The molecule has 1 amide bonds. The topological polar surface area (TPSA) is 67.8 Å². The van der Waals surface area contributed by atoms with Crippen molar-refractivity contribution in [3.8, 4) is 5.75 Å². The highest BCUT2D eigenvalue weighted by Gasteiger charge is 2.29. The summed E-state index contributed by atoms with van der Waals surface area (Å²) < 4.78 is 13.4. The third-order valence-electron chi connectivity index (χ3n) is 7.11. The molecule has 2 unspecified atom stereocenters. The number of amides is 1. The summed E-state index contributed by atoms with van der Waals surface area (Å²) in [6.45, 7) is 7.69. The third-order valence-corrected chi connectivity index (χ3v) is 7.11. The molecule has 7 nitrogen and oxygen atoms in total. The van der Waals surface area contributed by atoms with Gasteiger partial charge in [-0.25, -0.2) is 4.79 Å². The SMILES string of the molecule is CC(NC(=O)Oc1ccc2c(c1)c1c(n2C)C(NCCN2CCOCC2)CC1)c1ccccc1. The zero-order chi connectivity index (χ0) is 23.5. The molecule has 7 heteroatoms. The minimum atomic E-state index is -0.439. The molecule has 1 aliphatic carbocycles. The smallest absolute Gasteiger partial charge is 0.410 e. The number of hydrogen-bond donors (Lipinski definition) is 2. The molecule has 2 heterocycles. The Morgan fingerprint density at radius 1 is 1.18 bits per heavy atom. The first-order valence-electron chi connectivity index (χ1n) is 12.3. The number of morpholine rings is 1. The average molecular weight is 463 g/mol. The van der Waals surface area contributed by atoms with Gasteiger partial charge in [0.25, 0.3) is 0 Å². The normalized spacial score (nSPS) is 19.2. The van der Waals surface area contributed by atoms with E-state index in [1.54, 1.807) is 0 Å². The molecular weight excluding hydrogens is 428 g/mol. The molecule has 0 saturated carbocycles. The number of aromatic nitrogens is 1. The molecule has 0 bridgehead atoms. The molecule has 2 aromatic carbocycles. The van der Waals surface area contributed by atoms with Crippen LogP contribution in [-0.2, 0) is 18.2 Å². The van der Waals surface area contributed by atoms with Gasteiger partial charge in [-0.1, -0.05) is 30.3 Å². The Bertz CT molecular complexity index is 1140. The summed E-state index contributed by atoms with van der Waals surface area (Å²) in [6.07, 6.45) is 1.69. The van der Waals surface area contributed by atoms with E-state index in [1.165, 1.54) is 22.2 Å². The highest BCUT2D eigenvalue weighted by Crippen LogP contribution is 2.39. The lowest BCUT2D eigenvalue weighted by molar-refractivity contribution is 0.0381. The van der Waals surface area contributed by atoms with Gasteiger partial charge in [0.2, 0.25) is 0 Å². The van der Waals surface area contributed by atoms with Gasteiger partial charge in [0.15, 0.2) is 0 Å². The number of aryl methyl sites for hydroxylation is 2. The molecule has 0 radical (unpaired) electrons. The van der Waals surface area contributed by atoms with Gasteiger partial charge >= 0.3 is 6.09 Å². The summed E-state index contributed by atoms with van der Waals surface area (Å²) in [7, 11) is 2.14. The minimum absolute atomic E-state index is 0.123. The number of rotatable bonds is 7. The summed E-state index contributed by atoms with van der Waals surface area (Å²) in [4.78, 5) is 15.0. The first kappa shape index (κ1) is 22.9. The Balaban J connectivity index is 1.24. The molecule has 2 atom stereocenters. The Morgan fingerprint density at radius 2 is 1.97 bits per heavy atom. The molecule has 1 fully saturated rings. The molecule has 2 N–H and O–H groups in total. The van der Waals surface area contributed by atoms with E-state index in [1.807, 2.05) is 49.4 Å². The van der Waals surface area contributed by atoms with Crippen LogP contribution >= 0.6 is 0 Å². The van der Waals surface area contributed by atoms with Gasteiger partial charge in [0.05, 0.1) is 19.3 Å². The zero-order valence-electron chi connectivity index (χ0n) is 20.0. The predicted octanol–water partition coefficient (Wildman–Crippen LogP) is 3.94. The Hall–Kier alpha value is -2.87. The summed E-state index contributed by atoms with van der Waals surface area (Å²) in [5.74, 6) is 0.572. The van der Waals surface area contributed by atoms with Gasteiger partial charge in [-0.3, -0.25) is 4.90 Å². The van der Waals surface area contributed by atoms with Gasteiger partial charge < -0.3 is 24.7 Å². The number of hydrogen-bond acceptors (Lipinski definition) is 5. The van der Waals surface area contributed by atoms with E-state index in [-0.39, 0.29) is 6.04 Å². The van der Waals surface area contributed by atoms with Crippen LogP contribution in [0.5, 0.6) is 5.75 Å². The standard InChI is InChI=1S/C27H34N4O3/c1-19(20-6-4-3-5-7-20)29-27(32)34-21-8-11-25-23(18-21)22-9-10-24(26(22)30(25)2)28-12-13-31-14-16-33-17-15-31/h3-8,11,18-19,24,28H,9-10,12-17H2,1-2H3,(H,29,32). The number of nitrogens with one attached hydrogen (secondary N) is 2. The molecule has 0 spiro atoms. The molecule has 1 saturated heterocycles. The van der Waals surface area contributed by atoms with E-state index in [0.717, 1.165) is 57.8 Å². The number of ether oxygens (including phenoxy) is 2. The molecule has 1 aliphatic heterocycles. The number of benzene rings is 2. The highest BCUT2D eigenvalue weighted by molar-refractivity contribution is 5.88. The van der Waals surface area contributed by atoms with Crippen molar-refractivity contribution in [2.24, 2.45) is 7.05 Å². The van der Waals surface area contributed by atoms with Crippen molar-refractivity contribution in [3.05, 3.63) is 65.4 Å². The van der Waals surface area contributed by atoms with Gasteiger partial charge in [-0.2, -0.15) is 0 Å². The summed E-state index contributed by atoms with van der Waals surface area (Å²) >= 11 is 0. The van der Waals surface area contributed by atoms with Crippen LogP contribution in [0.4, 0.5) is 4.79 Å². The van der Waals surface area contributed by atoms with E-state index < -0.39 is 6.09 Å². The third kappa shape index (κ3) is 4.82. The second kappa shape index (κ2) is 10.2.